The van der Waals surface area contributed by atoms with E-state index >= 15 is 0 Å². The Hall–Kier alpha value is 0. The Morgan fingerprint density at radius 1 is 0.955 bits per heavy atom. The maximum atomic E-state index is 2.53. The van der Waals surface area contributed by atoms with Crippen LogP contribution in [0.5, 0.6) is 0 Å². The van der Waals surface area contributed by atoms with Gasteiger partial charge in [-0.1, -0.05) is 68.7 Å². The first-order valence-electron chi connectivity index (χ1n) is 10.1. The smallest absolute Gasteiger partial charge is 0.0354 e. The highest BCUT2D eigenvalue weighted by Gasteiger charge is 2.44. The fraction of sp³-hybridized carbons (Fsp3) is 1.00. The fourth-order valence-electron chi connectivity index (χ4n) is 4.61. The van der Waals surface area contributed by atoms with Crippen molar-refractivity contribution in [2.75, 3.05) is 0 Å². The second-order valence-electron chi connectivity index (χ2n) is 10.1. The highest BCUT2D eigenvalue weighted by Crippen LogP contribution is 2.52. The van der Waals surface area contributed by atoms with Gasteiger partial charge in [-0.2, -0.15) is 0 Å². The first-order chi connectivity index (χ1) is 10.1. The monoisotopic (exact) mass is 308 g/mol. The van der Waals surface area contributed by atoms with Crippen molar-refractivity contribution in [2.45, 2.75) is 94.4 Å². The third-order valence-corrected chi connectivity index (χ3v) is 6.65. The van der Waals surface area contributed by atoms with E-state index in [-0.39, 0.29) is 0 Å². The summed E-state index contributed by atoms with van der Waals surface area (Å²) >= 11 is 0. The molecule has 0 radical (unpaired) electrons. The number of rotatable bonds is 9. The molecule has 0 heterocycles. The van der Waals surface area contributed by atoms with Crippen LogP contribution in [0.15, 0.2) is 0 Å². The van der Waals surface area contributed by atoms with Gasteiger partial charge in [0.1, 0.15) is 0 Å². The lowest BCUT2D eigenvalue weighted by atomic mass is 9.78. The molecule has 0 N–H and O–H groups in total. The molecule has 0 aliphatic heterocycles. The minimum Gasteiger partial charge on any atom is -0.0651 e. The number of hydrogen-bond donors (Lipinski definition) is 0. The van der Waals surface area contributed by atoms with E-state index in [0.29, 0.717) is 5.41 Å². The quantitative estimate of drug-likeness (QED) is 0.415. The Balaban J connectivity index is 2.37. The Morgan fingerprint density at radius 3 is 2.00 bits per heavy atom. The normalized spacial score (nSPS) is 27.5. The Kier molecular flexibility index (Phi) is 7.47. The molecule has 0 spiro atoms. The molecule has 0 amide bonds. The van der Waals surface area contributed by atoms with E-state index in [4.69, 9.17) is 0 Å². The van der Waals surface area contributed by atoms with Gasteiger partial charge in [-0.3, -0.25) is 0 Å². The van der Waals surface area contributed by atoms with Gasteiger partial charge in [0, 0.05) is 0 Å². The highest BCUT2D eigenvalue weighted by atomic mass is 14.5. The lowest BCUT2D eigenvalue weighted by Crippen LogP contribution is -2.20. The third kappa shape index (κ3) is 6.25. The molecule has 0 aromatic carbocycles. The summed E-state index contributed by atoms with van der Waals surface area (Å²) in [5, 5.41) is 0. The predicted molar refractivity (Wildman–Crippen MR) is 101 cm³/mol. The van der Waals surface area contributed by atoms with E-state index in [2.05, 4.69) is 62.3 Å². The van der Waals surface area contributed by atoms with Crippen molar-refractivity contribution < 1.29 is 0 Å². The minimum absolute atomic E-state index is 0.496. The zero-order valence-corrected chi connectivity index (χ0v) is 17.1. The summed E-state index contributed by atoms with van der Waals surface area (Å²) in [5.74, 6) is 6.59. The van der Waals surface area contributed by atoms with Crippen molar-refractivity contribution in [3.63, 3.8) is 0 Å². The van der Waals surface area contributed by atoms with Crippen LogP contribution in [0.25, 0.3) is 0 Å². The molecule has 6 atom stereocenters. The molecule has 0 nitrogen and oxygen atoms in total. The zero-order chi connectivity index (χ0) is 17.1. The van der Waals surface area contributed by atoms with Crippen molar-refractivity contribution in [2.24, 2.45) is 46.8 Å². The molecule has 1 saturated carbocycles. The van der Waals surface area contributed by atoms with Gasteiger partial charge in [0.25, 0.3) is 0 Å². The zero-order valence-electron chi connectivity index (χ0n) is 17.1. The topological polar surface area (TPSA) is 0 Å². The maximum Gasteiger partial charge on any atom is -0.0354 e. The van der Waals surface area contributed by atoms with E-state index < -0.39 is 0 Å². The SMILES string of the molecule is CCC(C(C)C)C(C)C1CC1CC(C)C(C)CCC(C)(C)C. The summed E-state index contributed by atoms with van der Waals surface area (Å²) < 4.78 is 0. The average molecular weight is 309 g/mol. The summed E-state index contributed by atoms with van der Waals surface area (Å²) in [4.78, 5) is 0. The molecule has 1 fully saturated rings. The molecule has 0 heteroatoms. The predicted octanol–water partition coefficient (Wildman–Crippen LogP) is 7.43. The molecule has 0 bridgehead atoms. The van der Waals surface area contributed by atoms with E-state index in [1.807, 2.05) is 0 Å². The summed E-state index contributed by atoms with van der Waals surface area (Å²) in [6.07, 6.45) is 7.13. The largest absolute Gasteiger partial charge is 0.0651 e. The van der Waals surface area contributed by atoms with Crippen molar-refractivity contribution in [3.05, 3.63) is 0 Å². The van der Waals surface area contributed by atoms with Crippen molar-refractivity contribution in [1.29, 1.82) is 0 Å². The first kappa shape index (κ1) is 20.0. The van der Waals surface area contributed by atoms with E-state index in [0.717, 1.165) is 41.4 Å². The van der Waals surface area contributed by atoms with Crippen molar-refractivity contribution in [3.8, 4) is 0 Å². The molecule has 22 heavy (non-hydrogen) atoms. The van der Waals surface area contributed by atoms with Gasteiger partial charge >= 0.3 is 0 Å². The Labute approximate surface area is 141 Å². The summed E-state index contributed by atoms with van der Waals surface area (Å²) in [6.45, 7) is 21.9. The van der Waals surface area contributed by atoms with Crippen LogP contribution in [-0.2, 0) is 0 Å². The molecule has 1 aliphatic carbocycles. The molecule has 0 aromatic rings. The van der Waals surface area contributed by atoms with Gasteiger partial charge in [-0.05, 0) is 72.5 Å². The molecule has 0 aromatic heterocycles. The highest BCUT2D eigenvalue weighted by molar-refractivity contribution is 4.93. The molecule has 1 aliphatic rings. The second kappa shape index (κ2) is 8.20. The first-order valence-corrected chi connectivity index (χ1v) is 10.1. The summed E-state index contributed by atoms with van der Waals surface area (Å²) in [7, 11) is 0. The van der Waals surface area contributed by atoms with Gasteiger partial charge in [0.2, 0.25) is 0 Å². The molecular weight excluding hydrogens is 264 g/mol. The van der Waals surface area contributed by atoms with Crippen molar-refractivity contribution in [1.82, 2.24) is 0 Å². The van der Waals surface area contributed by atoms with Gasteiger partial charge in [0.15, 0.2) is 0 Å². The molecular formula is C22H44. The minimum atomic E-state index is 0.496. The van der Waals surface area contributed by atoms with Crippen LogP contribution in [0.3, 0.4) is 0 Å². The molecule has 132 valence electrons. The lowest BCUT2D eigenvalue weighted by molar-refractivity contribution is 0.218. The second-order valence-corrected chi connectivity index (χ2v) is 10.1. The van der Waals surface area contributed by atoms with Crippen LogP contribution in [0.1, 0.15) is 94.4 Å². The third-order valence-electron chi connectivity index (χ3n) is 6.65. The van der Waals surface area contributed by atoms with Crippen LogP contribution < -0.4 is 0 Å². The maximum absolute atomic E-state index is 2.53. The Morgan fingerprint density at radius 2 is 1.55 bits per heavy atom. The van der Waals surface area contributed by atoms with Crippen LogP contribution in [0.2, 0.25) is 0 Å². The van der Waals surface area contributed by atoms with E-state index in [9.17, 15) is 0 Å². The van der Waals surface area contributed by atoms with Crippen LogP contribution in [0.4, 0.5) is 0 Å². The molecule has 0 saturated heterocycles. The van der Waals surface area contributed by atoms with E-state index in [1.165, 1.54) is 32.1 Å². The standard InChI is InChI=1S/C22H44/c1-10-20(15(2)3)18(6)21-14-19(21)13-17(5)16(4)11-12-22(7,8)9/h15-21H,10-14H2,1-9H3. The molecule has 6 unspecified atom stereocenters. The van der Waals surface area contributed by atoms with Crippen LogP contribution >= 0.6 is 0 Å². The van der Waals surface area contributed by atoms with E-state index in [1.54, 1.807) is 0 Å². The van der Waals surface area contributed by atoms with Crippen LogP contribution in [-0.4, -0.2) is 0 Å². The van der Waals surface area contributed by atoms with Crippen molar-refractivity contribution >= 4 is 0 Å². The average Bonchev–Trinajstić information content (AvgIpc) is 3.14. The Bertz CT molecular complexity index is 308. The summed E-state index contributed by atoms with van der Waals surface area (Å²) in [6, 6.07) is 0. The molecule has 1 rings (SSSR count). The summed E-state index contributed by atoms with van der Waals surface area (Å²) in [5.41, 5.74) is 0.496. The van der Waals surface area contributed by atoms with Gasteiger partial charge < -0.3 is 0 Å². The fourth-order valence-corrected chi connectivity index (χ4v) is 4.61. The number of hydrogen-bond acceptors (Lipinski definition) is 0. The van der Waals surface area contributed by atoms with Gasteiger partial charge in [-0.25, -0.2) is 0 Å². The van der Waals surface area contributed by atoms with Gasteiger partial charge in [0.05, 0.1) is 0 Å². The van der Waals surface area contributed by atoms with Gasteiger partial charge in [-0.15, -0.1) is 0 Å². The van der Waals surface area contributed by atoms with Crippen LogP contribution in [0, 0.1) is 46.8 Å². The lowest BCUT2D eigenvalue weighted by Gasteiger charge is -2.28.